The number of pyridine rings is 1. The van der Waals surface area contributed by atoms with E-state index in [0.717, 1.165) is 53.1 Å². The van der Waals surface area contributed by atoms with Crippen LogP contribution in [-0.4, -0.2) is 23.7 Å². The minimum Gasteiger partial charge on any atom is -0.496 e. The van der Waals surface area contributed by atoms with Gasteiger partial charge in [-0.2, -0.15) is 0 Å². The molecule has 4 heteroatoms. The summed E-state index contributed by atoms with van der Waals surface area (Å²) in [6.07, 6.45) is 5.89. The molecule has 0 spiro atoms. The number of nitrogens with one attached hydrogen (secondary N) is 1. The maximum atomic E-state index is 5.68. The van der Waals surface area contributed by atoms with Crippen LogP contribution in [0.15, 0.2) is 36.7 Å². The van der Waals surface area contributed by atoms with Gasteiger partial charge in [0.15, 0.2) is 0 Å². The molecule has 0 saturated heterocycles. The van der Waals surface area contributed by atoms with Crippen LogP contribution < -0.4 is 9.47 Å². The lowest BCUT2D eigenvalue weighted by molar-refractivity contribution is 0.288. The van der Waals surface area contributed by atoms with Crippen molar-refractivity contribution in [2.24, 2.45) is 0 Å². The van der Waals surface area contributed by atoms with Crippen molar-refractivity contribution >= 4 is 11.0 Å². The fourth-order valence-electron chi connectivity index (χ4n) is 2.95. The molecular weight excluding hydrogens is 264 g/mol. The second kappa shape index (κ2) is 4.81. The molecule has 3 aromatic rings. The quantitative estimate of drug-likeness (QED) is 0.780. The highest BCUT2D eigenvalue weighted by molar-refractivity contribution is 5.98. The number of rotatable bonds is 2. The minimum absolute atomic E-state index is 0.817. The standard InChI is InChI=1S/C17H16N2O2/c1-20-15-6-7-18-17-16(15)13(10-19-17)11-4-5-14-12(9-11)3-2-8-21-14/h4-7,9-10H,2-3,8H2,1H3,(H,18,19). The third-order valence-electron chi connectivity index (χ3n) is 3.97. The monoisotopic (exact) mass is 280 g/mol. The number of nitrogens with zero attached hydrogens (tertiary/aromatic N) is 1. The van der Waals surface area contributed by atoms with E-state index < -0.39 is 0 Å². The second-order valence-electron chi connectivity index (χ2n) is 5.21. The predicted octanol–water partition coefficient (Wildman–Crippen LogP) is 3.56. The topological polar surface area (TPSA) is 47.1 Å². The Morgan fingerprint density at radius 1 is 1.29 bits per heavy atom. The summed E-state index contributed by atoms with van der Waals surface area (Å²) in [5.74, 6) is 1.85. The lowest BCUT2D eigenvalue weighted by Crippen LogP contribution is -2.07. The van der Waals surface area contributed by atoms with Crippen LogP contribution in [0.4, 0.5) is 0 Å². The minimum atomic E-state index is 0.817. The molecule has 106 valence electrons. The Morgan fingerprint density at radius 3 is 3.14 bits per heavy atom. The molecule has 0 bridgehead atoms. The summed E-state index contributed by atoms with van der Waals surface area (Å²) < 4.78 is 11.2. The van der Waals surface area contributed by atoms with E-state index >= 15 is 0 Å². The van der Waals surface area contributed by atoms with Crippen LogP contribution in [0.5, 0.6) is 11.5 Å². The Balaban J connectivity index is 1.90. The van der Waals surface area contributed by atoms with Gasteiger partial charge in [-0.1, -0.05) is 6.07 Å². The van der Waals surface area contributed by atoms with Crippen molar-refractivity contribution in [3.63, 3.8) is 0 Å². The highest BCUT2D eigenvalue weighted by Crippen LogP contribution is 2.36. The Morgan fingerprint density at radius 2 is 2.24 bits per heavy atom. The van der Waals surface area contributed by atoms with Crippen LogP contribution >= 0.6 is 0 Å². The molecule has 0 unspecified atom stereocenters. The zero-order valence-electron chi connectivity index (χ0n) is 11.8. The summed E-state index contributed by atoms with van der Waals surface area (Å²) in [5.41, 5.74) is 4.40. The number of methoxy groups -OCH3 is 1. The number of fused-ring (bicyclic) bond motifs is 2. The molecule has 0 amide bonds. The number of aromatic nitrogens is 2. The maximum Gasteiger partial charge on any atom is 0.141 e. The fourth-order valence-corrected chi connectivity index (χ4v) is 2.95. The van der Waals surface area contributed by atoms with Gasteiger partial charge in [-0.3, -0.25) is 0 Å². The van der Waals surface area contributed by atoms with Gasteiger partial charge < -0.3 is 14.5 Å². The molecule has 1 aliphatic heterocycles. The summed E-state index contributed by atoms with van der Waals surface area (Å²) in [5, 5.41) is 1.02. The molecule has 0 aliphatic carbocycles. The van der Waals surface area contributed by atoms with Gasteiger partial charge in [-0.15, -0.1) is 0 Å². The Bertz CT molecular complexity index is 808. The molecule has 0 radical (unpaired) electrons. The van der Waals surface area contributed by atoms with Gasteiger partial charge >= 0.3 is 0 Å². The first-order chi connectivity index (χ1) is 10.4. The van der Waals surface area contributed by atoms with Crippen molar-refractivity contribution in [2.45, 2.75) is 12.8 Å². The summed E-state index contributed by atoms with van der Waals surface area (Å²) in [6, 6.07) is 8.26. The van der Waals surface area contributed by atoms with Gasteiger partial charge in [0, 0.05) is 18.0 Å². The van der Waals surface area contributed by atoms with Crippen LogP contribution in [0.3, 0.4) is 0 Å². The molecule has 1 aliphatic rings. The maximum absolute atomic E-state index is 5.68. The Kier molecular flexibility index (Phi) is 2.81. The largest absolute Gasteiger partial charge is 0.496 e. The van der Waals surface area contributed by atoms with Gasteiger partial charge in [0.2, 0.25) is 0 Å². The molecule has 0 atom stereocenters. The van der Waals surface area contributed by atoms with Gasteiger partial charge in [-0.25, -0.2) is 4.98 Å². The lowest BCUT2D eigenvalue weighted by atomic mass is 9.99. The zero-order chi connectivity index (χ0) is 14.2. The SMILES string of the molecule is COc1ccnc2[nH]cc(-c3ccc4c(c3)CCCO4)c12. The molecule has 4 rings (SSSR count). The van der Waals surface area contributed by atoms with Gasteiger partial charge in [0.05, 0.1) is 19.1 Å². The van der Waals surface area contributed by atoms with Crippen LogP contribution in [0, 0.1) is 0 Å². The lowest BCUT2D eigenvalue weighted by Gasteiger charge is -2.17. The third-order valence-corrected chi connectivity index (χ3v) is 3.97. The van der Waals surface area contributed by atoms with Crippen molar-refractivity contribution in [2.75, 3.05) is 13.7 Å². The van der Waals surface area contributed by atoms with Crippen LogP contribution in [0.25, 0.3) is 22.2 Å². The number of aromatic amines is 1. The molecule has 0 saturated carbocycles. The first-order valence-electron chi connectivity index (χ1n) is 7.13. The molecule has 2 aromatic heterocycles. The van der Waals surface area contributed by atoms with Crippen molar-refractivity contribution in [1.29, 1.82) is 0 Å². The van der Waals surface area contributed by atoms with E-state index in [-0.39, 0.29) is 0 Å². The predicted molar refractivity (Wildman–Crippen MR) is 81.9 cm³/mol. The molecule has 1 aromatic carbocycles. The van der Waals surface area contributed by atoms with Crippen molar-refractivity contribution in [1.82, 2.24) is 9.97 Å². The van der Waals surface area contributed by atoms with Crippen LogP contribution in [-0.2, 0) is 6.42 Å². The number of benzene rings is 1. The zero-order valence-corrected chi connectivity index (χ0v) is 11.8. The van der Waals surface area contributed by atoms with Crippen LogP contribution in [0.2, 0.25) is 0 Å². The van der Waals surface area contributed by atoms with E-state index in [2.05, 4.69) is 28.2 Å². The van der Waals surface area contributed by atoms with E-state index in [4.69, 9.17) is 9.47 Å². The average molecular weight is 280 g/mol. The Labute approximate surface area is 122 Å². The molecule has 21 heavy (non-hydrogen) atoms. The highest BCUT2D eigenvalue weighted by atomic mass is 16.5. The molecular formula is C17H16N2O2. The summed E-state index contributed by atoms with van der Waals surface area (Å²) in [7, 11) is 1.69. The van der Waals surface area contributed by atoms with E-state index in [1.807, 2.05) is 12.3 Å². The first-order valence-corrected chi connectivity index (χ1v) is 7.13. The smallest absolute Gasteiger partial charge is 0.141 e. The number of ether oxygens (including phenoxy) is 2. The summed E-state index contributed by atoms with van der Waals surface area (Å²) in [4.78, 5) is 7.58. The summed E-state index contributed by atoms with van der Waals surface area (Å²) in [6.45, 7) is 0.817. The van der Waals surface area contributed by atoms with Crippen molar-refractivity contribution in [3.8, 4) is 22.6 Å². The Hall–Kier alpha value is -2.49. The number of H-pyrrole nitrogens is 1. The third kappa shape index (κ3) is 1.95. The first kappa shape index (κ1) is 12.3. The van der Waals surface area contributed by atoms with E-state index in [9.17, 15) is 0 Å². The van der Waals surface area contributed by atoms with Crippen molar-refractivity contribution < 1.29 is 9.47 Å². The normalized spacial score (nSPS) is 13.8. The second-order valence-corrected chi connectivity index (χ2v) is 5.21. The van der Waals surface area contributed by atoms with E-state index in [0.29, 0.717) is 0 Å². The molecule has 4 nitrogen and oxygen atoms in total. The molecule has 1 N–H and O–H groups in total. The van der Waals surface area contributed by atoms with Gasteiger partial charge in [0.25, 0.3) is 0 Å². The molecule has 0 fully saturated rings. The van der Waals surface area contributed by atoms with Crippen molar-refractivity contribution in [3.05, 3.63) is 42.2 Å². The number of hydrogen-bond acceptors (Lipinski definition) is 3. The van der Waals surface area contributed by atoms with Gasteiger partial charge in [-0.05, 0) is 42.2 Å². The van der Waals surface area contributed by atoms with E-state index in [1.165, 1.54) is 5.56 Å². The number of aryl methyl sites for hydroxylation is 1. The van der Waals surface area contributed by atoms with Crippen LogP contribution in [0.1, 0.15) is 12.0 Å². The molecule has 3 heterocycles. The fraction of sp³-hybridized carbons (Fsp3) is 0.235. The van der Waals surface area contributed by atoms with Gasteiger partial charge in [0.1, 0.15) is 17.1 Å². The summed E-state index contributed by atoms with van der Waals surface area (Å²) >= 11 is 0. The highest BCUT2D eigenvalue weighted by Gasteiger charge is 2.15. The van der Waals surface area contributed by atoms with E-state index in [1.54, 1.807) is 13.3 Å². The average Bonchev–Trinajstić information content (AvgIpc) is 2.98. The number of hydrogen-bond donors (Lipinski definition) is 1.